The molecule has 0 aliphatic carbocycles. The number of aromatic amines is 1. The summed E-state index contributed by atoms with van der Waals surface area (Å²) in [5, 5.41) is 12.1. The molecule has 6 rings (SSSR count). The van der Waals surface area contributed by atoms with E-state index in [1.54, 1.807) is 12.5 Å². The third kappa shape index (κ3) is 3.84. The number of anilines is 1. The highest BCUT2D eigenvalue weighted by molar-refractivity contribution is 7.99. The van der Waals surface area contributed by atoms with E-state index < -0.39 is 0 Å². The van der Waals surface area contributed by atoms with E-state index in [2.05, 4.69) is 24.6 Å². The average Bonchev–Trinajstić information content (AvgIpc) is 3.65. The molecule has 34 heavy (non-hydrogen) atoms. The number of aromatic nitrogens is 5. The molecule has 1 aliphatic rings. The Hall–Kier alpha value is -3.31. The average molecular weight is 495 g/mol. The van der Waals surface area contributed by atoms with Gasteiger partial charge >= 0.3 is 0 Å². The molecule has 11 heteroatoms. The number of nitrogens with one attached hydrogen (secondary N) is 1. The maximum Gasteiger partial charge on any atom is 0.260 e. The number of fused-ring (bicyclic) bond motifs is 1. The lowest BCUT2D eigenvalue weighted by molar-refractivity contribution is 0.483. The van der Waals surface area contributed by atoms with E-state index in [1.165, 1.54) is 23.1 Å². The summed E-state index contributed by atoms with van der Waals surface area (Å²) < 4.78 is 13.2. The Morgan fingerprint density at radius 2 is 2.00 bits per heavy atom. The van der Waals surface area contributed by atoms with E-state index in [0.29, 0.717) is 28.3 Å². The first kappa shape index (κ1) is 21.2. The lowest BCUT2D eigenvalue weighted by atomic mass is 10.2. The molecule has 1 unspecified atom stereocenters. The Labute approximate surface area is 202 Å². The number of hydrogen-bond acceptors (Lipinski definition) is 9. The largest absolute Gasteiger partial charge is 0.467 e. The number of rotatable bonds is 7. The van der Waals surface area contributed by atoms with Gasteiger partial charge in [-0.2, -0.15) is 0 Å². The van der Waals surface area contributed by atoms with Crippen molar-refractivity contribution in [2.75, 3.05) is 18.0 Å². The second-order valence-corrected chi connectivity index (χ2v) is 10.3. The van der Waals surface area contributed by atoms with Crippen LogP contribution in [0.3, 0.4) is 0 Å². The predicted molar refractivity (Wildman–Crippen MR) is 131 cm³/mol. The van der Waals surface area contributed by atoms with Crippen molar-refractivity contribution in [3.8, 4) is 11.3 Å². The Morgan fingerprint density at radius 3 is 2.76 bits per heavy atom. The molecular formula is C23H22N6O3S2. The number of hydrogen-bond donors (Lipinski definition) is 1. The van der Waals surface area contributed by atoms with Crippen molar-refractivity contribution in [1.29, 1.82) is 0 Å². The molecule has 0 aromatic carbocycles. The van der Waals surface area contributed by atoms with Gasteiger partial charge in [-0.3, -0.25) is 9.36 Å². The molecule has 174 valence electrons. The predicted octanol–water partition coefficient (Wildman–Crippen LogP) is 4.93. The molecule has 1 fully saturated rings. The highest BCUT2D eigenvalue weighted by atomic mass is 32.2. The monoisotopic (exact) mass is 494 g/mol. The van der Waals surface area contributed by atoms with Crippen LogP contribution in [0, 0.1) is 0 Å². The van der Waals surface area contributed by atoms with Gasteiger partial charge < -0.3 is 18.7 Å². The number of thiophene rings is 1. The van der Waals surface area contributed by atoms with E-state index in [-0.39, 0.29) is 10.8 Å². The van der Waals surface area contributed by atoms with Gasteiger partial charge in [-0.05, 0) is 44.0 Å². The normalized spacial score (nSPS) is 14.9. The summed E-state index contributed by atoms with van der Waals surface area (Å²) in [6, 6.07) is 7.48. The molecule has 5 aromatic rings. The zero-order valence-corrected chi connectivity index (χ0v) is 20.1. The van der Waals surface area contributed by atoms with E-state index in [0.717, 1.165) is 48.4 Å². The van der Waals surface area contributed by atoms with Gasteiger partial charge in [-0.25, -0.2) is 4.98 Å². The summed E-state index contributed by atoms with van der Waals surface area (Å²) >= 11 is 2.96. The fraction of sp³-hybridized carbons (Fsp3) is 0.304. The quantitative estimate of drug-likeness (QED) is 0.318. The van der Waals surface area contributed by atoms with Crippen molar-refractivity contribution in [3.63, 3.8) is 0 Å². The van der Waals surface area contributed by atoms with Crippen LogP contribution in [0.15, 0.2) is 61.0 Å². The molecule has 0 amide bonds. The van der Waals surface area contributed by atoms with Crippen molar-refractivity contribution in [3.05, 3.63) is 64.1 Å². The van der Waals surface area contributed by atoms with Crippen molar-refractivity contribution >= 4 is 39.3 Å². The summed E-state index contributed by atoms with van der Waals surface area (Å²) in [6.07, 6.45) is 5.58. The molecule has 0 spiro atoms. The summed E-state index contributed by atoms with van der Waals surface area (Å²) in [7, 11) is 0. The van der Waals surface area contributed by atoms with Gasteiger partial charge in [0, 0.05) is 24.0 Å². The first-order valence-electron chi connectivity index (χ1n) is 11.1. The summed E-state index contributed by atoms with van der Waals surface area (Å²) in [5.74, 6) is 2.95. The minimum absolute atomic E-state index is 0.141. The topological polar surface area (TPSA) is 106 Å². The first-order valence-corrected chi connectivity index (χ1v) is 12.9. The Morgan fingerprint density at radius 1 is 1.18 bits per heavy atom. The van der Waals surface area contributed by atoms with Crippen LogP contribution < -0.4 is 10.5 Å². The van der Waals surface area contributed by atoms with Crippen molar-refractivity contribution < 1.29 is 8.83 Å². The zero-order chi connectivity index (χ0) is 23.1. The van der Waals surface area contributed by atoms with Gasteiger partial charge in [-0.15, -0.1) is 21.5 Å². The van der Waals surface area contributed by atoms with Gasteiger partial charge in [0.15, 0.2) is 5.16 Å². The van der Waals surface area contributed by atoms with Gasteiger partial charge in [0.1, 0.15) is 22.2 Å². The van der Waals surface area contributed by atoms with E-state index in [9.17, 15) is 4.79 Å². The SMILES string of the molecule is CC(Sc1nnc(N2CCCC2)n1Cc1ccco1)c1nc2scc(-c3ccco3)c2c(=O)[nH]1. The summed E-state index contributed by atoms with van der Waals surface area (Å²) in [6.45, 7) is 4.50. The molecule has 6 heterocycles. The molecule has 5 aromatic heterocycles. The van der Waals surface area contributed by atoms with Crippen molar-refractivity contribution in [2.45, 2.75) is 36.7 Å². The number of thioether (sulfide) groups is 1. The zero-order valence-electron chi connectivity index (χ0n) is 18.4. The maximum atomic E-state index is 13.0. The lowest BCUT2D eigenvalue weighted by Gasteiger charge is -2.18. The first-order chi connectivity index (χ1) is 16.7. The van der Waals surface area contributed by atoms with Crippen molar-refractivity contribution in [1.82, 2.24) is 24.7 Å². The van der Waals surface area contributed by atoms with E-state index in [4.69, 9.17) is 13.8 Å². The highest BCUT2D eigenvalue weighted by Crippen LogP contribution is 2.36. The van der Waals surface area contributed by atoms with Crippen LogP contribution in [-0.4, -0.2) is 37.8 Å². The highest BCUT2D eigenvalue weighted by Gasteiger charge is 2.25. The molecule has 1 saturated heterocycles. The van der Waals surface area contributed by atoms with Crippen LogP contribution in [0.25, 0.3) is 21.5 Å². The molecule has 0 radical (unpaired) electrons. The Bertz CT molecular complexity index is 1460. The molecule has 0 saturated carbocycles. The Balaban J connectivity index is 1.32. The van der Waals surface area contributed by atoms with Gasteiger partial charge in [0.2, 0.25) is 5.95 Å². The maximum absolute atomic E-state index is 13.0. The second-order valence-electron chi connectivity index (χ2n) is 8.16. The van der Waals surface area contributed by atoms with E-state index >= 15 is 0 Å². The molecular weight excluding hydrogens is 472 g/mol. The second kappa shape index (κ2) is 8.80. The van der Waals surface area contributed by atoms with Crippen LogP contribution >= 0.6 is 23.1 Å². The molecule has 1 aliphatic heterocycles. The van der Waals surface area contributed by atoms with E-state index in [1.807, 2.05) is 36.6 Å². The van der Waals surface area contributed by atoms with Gasteiger partial charge in [-0.1, -0.05) is 11.8 Å². The molecule has 9 nitrogen and oxygen atoms in total. The smallest absolute Gasteiger partial charge is 0.260 e. The number of furan rings is 2. The number of nitrogens with zero attached hydrogens (tertiary/aromatic N) is 5. The molecule has 0 bridgehead atoms. The summed E-state index contributed by atoms with van der Waals surface area (Å²) in [4.78, 5) is 23.7. The standard InChI is InChI=1S/C23H22N6O3S2/c1-14(19-24-20(30)18-16(13-33-21(18)25-19)17-7-5-11-32-17)34-23-27-26-22(28-8-2-3-9-28)29(23)12-15-6-4-10-31-15/h4-7,10-11,13-14H,2-3,8-9,12H2,1H3,(H,24,25,30). The van der Waals surface area contributed by atoms with Crippen LogP contribution in [0.5, 0.6) is 0 Å². The fourth-order valence-electron chi connectivity index (χ4n) is 4.20. The van der Waals surface area contributed by atoms with Gasteiger partial charge in [0.25, 0.3) is 5.56 Å². The summed E-state index contributed by atoms with van der Waals surface area (Å²) in [5.41, 5.74) is 0.592. The van der Waals surface area contributed by atoms with Crippen LogP contribution in [0.1, 0.15) is 36.6 Å². The van der Waals surface area contributed by atoms with Gasteiger partial charge in [0.05, 0.1) is 29.7 Å². The minimum atomic E-state index is -0.171. The van der Waals surface area contributed by atoms with Crippen LogP contribution in [0.4, 0.5) is 5.95 Å². The molecule has 1 atom stereocenters. The molecule has 1 N–H and O–H groups in total. The van der Waals surface area contributed by atoms with Crippen LogP contribution in [0.2, 0.25) is 0 Å². The number of H-pyrrole nitrogens is 1. The van der Waals surface area contributed by atoms with Crippen molar-refractivity contribution in [2.24, 2.45) is 0 Å². The lowest BCUT2D eigenvalue weighted by Crippen LogP contribution is -2.22. The van der Waals surface area contributed by atoms with Crippen LogP contribution in [-0.2, 0) is 6.54 Å². The fourth-order valence-corrected chi connectivity index (χ4v) is 6.04. The third-order valence-electron chi connectivity index (χ3n) is 5.90. The third-order valence-corrected chi connectivity index (χ3v) is 7.86. The Kier molecular flexibility index (Phi) is 5.50. The minimum Gasteiger partial charge on any atom is -0.467 e.